The third-order valence-corrected chi connectivity index (χ3v) is 3.84. The van der Waals surface area contributed by atoms with Crippen molar-refractivity contribution in [3.63, 3.8) is 0 Å². The molecule has 0 saturated heterocycles. The summed E-state index contributed by atoms with van der Waals surface area (Å²) < 4.78 is 0. The van der Waals surface area contributed by atoms with Crippen molar-refractivity contribution in [2.24, 2.45) is 15.9 Å². The molecule has 4 rings (SSSR count). The smallest absolute Gasteiger partial charge is 0.172 e. The number of aromatic amines is 1. The van der Waals surface area contributed by atoms with E-state index in [0.29, 0.717) is 5.69 Å². The van der Waals surface area contributed by atoms with Gasteiger partial charge in [0, 0.05) is 28.0 Å². The normalized spacial score (nSPS) is 12.4. The van der Waals surface area contributed by atoms with Crippen LogP contribution in [0, 0.1) is 0 Å². The summed E-state index contributed by atoms with van der Waals surface area (Å²) in [5, 5.41) is 10.3. The number of H-pyrrole nitrogens is 1. The van der Waals surface area contributed by atoms with Crippen LogP contribution in [-0.2, 0) is 0 Å². The summed E-state index contributed by atoms with van der Waals surface area (Å²) in [5.74, 6) is 0.289. The molecule has 24 heavy (non-hydrogen) atoms. The molecule has 0 saturated carbocycles. The van der Waals surface area contributed by atoms with Crippen LogP contribution < -0.4 is 5.73 Å². The molecule has 2 aromatic carbocycles. The number of nitrogens with zero attached hydrogens (tertiary/aromatic N) is 3. The summed E-state index contributed by atoms with van der Waals surface area (Å²) in [6.07, 6.45) is 3.58. The first-order valence-electron chi connectivity index (χ1n) is 7.60. The van der Waals surface area contributed by atoms with Gasteiger partial charge in [-0.1, -0.05) is 42.5 Å². The fourth-order valence-electron chi connectivity index (χ4n) is 2.61. The number of rotatable bonds is 3. The Bertz CT molecular complexity index is 1080. The number of nitrogens with two attached hydrogens (primary N) is 1. The van der Waals surface area contributed by atoms with E-state index in [4.69, 9.17) is 5.73 Å². The van der Waals surface area contributed by atoms with Crippen molar-refractivity contribution < 1.29 is 0 Å². The second-order valence-corrected chi connectivity index (χ2v) is 5.41. The highest BCUT2D eigenvalue weighted by atomic mass is 15.2. The zero-order valence-electron chi connectivity index (χ0n) is 12.8. The topological polar surface area (TPSA) is 79.4 Å². The van der Waals surface area contributed by atoms with Crippen molar-refractivity contribution in [1.82, 2.24) is 9.97 Å². The third-order valence-electron chi connectivity index (χ3n) is 3.84. The Morgan fingerprint density at radius 3 is 2.79 bits per heavy atom. The minimum Gasteiger partial charge on any atom is -0.380 e. The molecule has 0 atom stereocenters. The Balaban J connectivity index is 1.62. The first-order valence-corrected chi connectivity index (χ1v) is 7.60. The Morgan fingerprint density at radius 1 is 1.00 bits per heavy atom. The van der Waals surface area contributed by atoms with Crippen molar-refractivity contribution >= 4 is 33.9 Å². The van der Waals surface area contributed by atoms with Crippen molar-refractivity contribution in [2.75, 3.05) is 0 Å². The van der Waals surface area contributed by atoms with Crippen LogP contribution in [0.3, 0.4) is 0 Å². The Kier molecular flexibility index (Phi) is 3.51. The Labute approximate surface area is 138 Å². The maximum Gasteiger partial charge on any atom is 0.172 e. The fraction of sp³-hybridized carbons (Fsp3) is 0. The van der Waals surface area contributed by atoms with Crippen molar-refractivity contribution in [2.45, 2.75) is 0 Å². The zero-order chi connectivity index (χ0) is 16.4. The van der Waals surface area contributed by atoms with E-state index in [0.717, 1.165) is 27.4 Å². The molecule has 0 spiro atoms. The van der Waals surface area contributed by atoms with Gasteiger partial charge < -0.3 is 10.7 Å². The summed E-state index contributed by atoms with van der Waals surface area (Å²) in [6, 6.07) is 19.7. The van der Waals surface area contributed by atoms with E-state index < -0.39 is 0 Å². The lowest BCUT2D eigenvalue weighted by Gasteiger charge is -2.00. The molecule has 2 heterocycles. The van der Waals surface area contributed by atoms with Gasteiger partial charge >= 0.3 is 0 Å². The van der Waals surface area contributed by atoms with Gasteiger partial charge in [-0.15, -0.1) is 5.10 Å². The first-order chi connectivity index (χ1) is 11.8. The summed E-state index contributed by atoms with van der Waals surface area (Å²) in [7, 11) is 0. The fourth-order valence-corrected chi connectivity index (χ4v) is 2.61. The van der Waals surface area contributed by atoms with Crippen molar-refractivity contribution in [1.29, 1.82) is 0 Å². The standard InChI is InChI=1S/C19H15N5/c20-19(18-10-9-13-5-1-3-7-16(13)23-18)24-22-12-14-11-21-17-8-4-2-6-15(14)17/h1-12,21H,(H2,20,24)/b22-12+. The number of para-hydroxylation sites is 2. The molecule has 0 aliphatic carbocycles. The van der Waals surface area contributed by atoms with E-state index in [1.54, 1.807) is 6.21 Å². The van der Waals surface area contributed by atoms with Crippen LogP contribution in [0.5, 0.6) is 0 Å². The van der Waals surface area contributed by atoms with Crippen LogP contribution in [0.1, 0.15) is 11.3 Å². The molecule has 0 amide bonds. The predicted octanol–water partition coefficient (Wildman–Crippen LogP) is 3.46. The van der Waals surface area contributed by atoms with Crippen molar-refractivity contribution in [3.05, 3.63) is 78.1 Å². The zero-order valence-corrected chi connectivity index (χ0v) is 12.8. The van der Waals surface area contributed by atoms with E-state index in [-0.39, 0.29) is 5.84 Å². The highest BCUT2D eigenvalue weighted by Gasteiger charge is 2.02. The van der Waals surface area contributed by atoms with Gasteiger partial charge in [0.15, 0.2) is 5.84 Å². The van der Waals surface area contributed by atoms with E-state index in [1.165, 1.54) is 0 Å². The average Bonchev–Trinajstić information content (AvgIpc) is 3.04. The number of fused-ring (bicyclic) bond motifs is 2. The average molecular weight is 313 g/mol. The van der Waals surface area contributed by atoms with E-state index in [1.807, 2.05) is 66.9 Å². The lowest BCUT2D eigenvalue weighted by atomic mass is 10.2. The first kappa shape index (κ1) is 14.1. The van der Waals surface area contributed by atoms with E-state index in [2.05, 4.69) is 20.2 Å². The molecule has 5 heteroatoms. The molecule has 3 N–H and O–H groups in total. The van der Waals surface area contributed by atoms with E-state index in [9.17, 15) is 0 Å². The van der Waals surface area contributed by atoms with Crippen LogP contribution in [0.15, 0.2) is 77.1 Å². The largest absolute Gasteiger partial charge is 0.380 e. The number of benzene rings is 2. The molecule has 0 radical (unpaired) electrons. The van der Waals surface area contributed by atoms with Crippen molar-refractivity contribution in [3.8, 4) is 0 Å². The number of aromatic nitrogens is 2. The van der Waals surface area contributed by atoms with Gasteiger partial charge in [0.2, 0.25) is 0 Å². The number of hydrogen-bond donors (Lipinski definition) is 2. The summed E-state index contributed by atoms with van der Waals surface area (Å²) in [6.45, 7) is 0. The van der Waals surface area contributed by atoms with Crippen LogP contribution >= 0.6 is 0 Å². The molecule has 0 fully saturated rings. The molecule has 2 aromatic heterocycles. The lowest BCUT2D eigenvalue weighted by molar-refractivity contribution is 1.21. The third kappa shape index (κ3) is 2.63. The number of nitrogens with one attached hydrogen (secondary N) is 1. The lowest BCUT2D eigenvalue weighted by Crippen LogP contribution is -2.14. The monoisotopic (exact) mass is 313 g/mol. The predicted molar refractivity (Wildman–Crippen MR) is 98.4 cm³/mol. The number of pyridine rings is 1. The number of amidine groups is 1. The van der Waals surface area contributed by atoms with E-state index >= 15 is 0 Å². The van der Waals surface area contributed by atoms with Gasteiger partial charge in [-0.3, -0.25) is 0 Å². The van der Waals surface area contributed by atoms with Crippen LogP contribution in [0.25, 0.3) is 21.8 Å². The van der Waals surface area contributed by atoms with Gasteiger partial charge in [-0.2, -0.15) is 5.10 Å². The summed E-state index contributed by atoms with van der Waals surface area (Å²) in [5.41, 5.74) is 9.53. The van der Waals surface area contributed by atoms with Gasteiger partial charge in [0.05, 0.1) is 11.7 Å². The highest BCUT2D eigenvalue weighted by molar-refractivity contribution is 6.00. The van der Waals surface area contributed by atoms with Crippen LogP contribution in [0.2, 0.25) is 0 Å². The van der Waals surface area contributed by atoms with Gasteiger partial charge in [0.1, 0.15) is 5.69 Å². The molecule has 0 aliphatic rings. The summed E-state index contributed by atoms with van der Waals surface area (Å²) in [4.78, 5) is 7.70. The molecular weight excluding hydrogens is 298 g/mol. The molecule has 0 unspecified atom stereocenters. The van der Waals surface area contributed by atoms with Gasteiger partial charge in [-0.25, -0.2) is 4.98 Å². The Morgan fingerprint density at radius 2 is 1.83 bits per heavy atom. The van der Waals surface area contributed by atoms with Crippen LogP contribution in [-0.4, -0.2) is 22.0 Å². The molecule has 0 aliphatic heterocycles. The maximum absolute atomic E-state index is 6.00. The molecule has 4 aromatic rings. The Hall–Kier alpha value is -3.47. The van der Waals surface area contributed by atoms with Gasteiger partial charge in [0.25, 0.3) is 0 Å². The molecular formula is C19H15N5. The quantitative estimate of drug-likeness (QED) is 0.345. The maximum atomic E-state index is 6.00. The van der Waals surface area contributed by atoms with Crippen LogP contribution in [0.4, 0.5) is 0 Å². The molecule has 116 valence electrons. The molecule has 0 bridgehead atoms. The second-order valence-electron chi connectivity index (χ2n) is 5.41. The minimum absolute atomic E-state index is 0.289. The molecule has 5 nitrogen and oxygen atoms in total. The highest BCUT2D eigenvalue weighted by Crippen LogP contribution is 2.16. The van der Waals surface area contributed by atoms with Gasteiger partial charge in [-0.05, 0) is 18.2 Å². The number of hydrogen-bond acceptors (Lipinski definition) is 3. The second kappa shape index (κ2) is 5.96. The summed E-state index contributed by atoms with van der Waals surface area (Å²) >= 11 is 0. The minimum atomic E-state index is 0.289. The SMILES string of the molecule is N/C(=N/N=C/c1c[nH]c2ccccc12)c1ccc2ccccc2n1.